The molecular formula is C23H32INO3S. The maximum Gasteiger partial charge on any atom is 0.310 e. The molecule has 1 aliphatic carbocycles. The highest BCUT2D eigenvalue weighted by atomic mass is 127. The van der Waals surface area contributed by atoms with Crippen LogP contribution in [-0.2, 0) is 33.7 Å². The number of amides is 1. The summed E-state index contributed by atoms with van der Waals surface area (Å²) in [5, 5.41) is 0. The van der Waals surface area contributed by atoms with Gasteiger partial charge in [-0.1, -0.05) is 35.6 Å². The fourth-order valence-corrected chi connectivity index (χ4v) is 7.49. The SMILES string of the molecule is CCOC(=O)Cc1c(C)c2c(c(C)c1SI)CN(C1CCCCC1(C)C)C(=O)C2. The molecule has 1 saturated carbocycles. The standard InChI is InChI=1S/C23H32INO3S/c1-6-28-21(27)12-17-14(2)16-11-20(26)25(13-18(16)15(3)22(17)29-24)19-9-7-8-10-23(19,4)5/h19H,6-13H2,1-5H3. The van der Waals surface area contributed by atoms with Gasteiger partial charge >= 0.3 is 5.97 Å². The fraction of sp³-hybridized carbons (Fsp3) is 0.652. The number of fused-ring (bicyclic) bond motifs is 1. The Kier molecular flexibility index (Phi) is 7.24. The maximum atomic E-state index is 13.2. The molecule has 1 aromatic carbocycles. The van der Waals surface area contributed by atoms with E-state index in [2.05, 4.69) is 53.8 Å². The summed E-state index contributed by atoms with van der Waals surface area (Å²) in [4.78, 5) is 28.7. The second-order valence-electron chi connectivity index (χ2n) is 9.02. The van der Waals surface area contributed by atoms with Crippen molar-refractivity contribution in [2.75, 3.05) is 6.61 Å². The van der Waals surface area contributed by atoms with Gasteiger partial charge in [0.05, 0.1) is 19.4 Å². The second kappa shape index (κ2) is 9.16. The number of hydrogen-bond acceptors (Lipinski definition) is 4. The lowest BCUT2D eigenvalue weighted by atomic mass is 9.71. The Morgan fingerprint density at radius 1 is 1.24 bits per heavy atom. The number of carbonyl (C=O) groups is 2. The smallest absolute Gasteiger partial charge is 0.310 e. The number of halogens is 1. The minimum atomic E-state index is -0.200. The summed E-state index contributed by atoms with van der Waals surface area (Å²) in [6.45, 7) is 11.7. The Bertz CT molecular complexity index is 821. The zero-order valence-electron chi connectivity index (χ0n) is 18.2. The number of ether oxygens (including phenoxy) is 1. The average Bonchev–Trinajstić information content (AvgIpc) is 2.66. The number of benzene rings is 1. The van der Waals surface area contributed by atoms with Gasteiger partial charge in [0.1, 0.15) is 0 Å². The van der Waals surface area contributed by atoms with Crippen LogP contribution in [0, 0.1) is 19.3 Å². The predicted molar refractivity (Wildman–Crippen MR) is 126 cm³/mol. The van der Waals surface area contributed by atoms with Gasteiger partial charge in [-0.15, -0.1) is 0 Å². The first-order valence-corrected chi connectivity index (χ1v) is 13.9. The van der Waals surface area contributed by atoms with Crippen LogP contribution in [0.3, 0.4) is 0 Å². The normalized spacial score (nSPS) is 21.1. The van der Waals surface area contributed by atoms with Gasteiger partial charge in [0.25, 0.3) is 0 Å². The number of nitrogens with zero attached hydrogens (tertiary/aromatic N) is 1. The van der Waals surface area contributed by atoms with Crippen LogP contribution in [0.25, 0.3) is 0 Å². The van der Waals surface area contributed by atoms with Crippen LogP contribution >= 0.6 is 30.1 Å². The molecule has 4 nitrogen and oxygen atoms in total. The molecule has 1 aromatic rings. The van der Waals surface area contributed by atoms with E-state index in [9.17, 15) is 9.59 Å². The zero-order valence-corrected chi connectivity index (χ0v) is 21.2. The van der Waals surface area contributed by atoms with Gasteiger partial charge in [0, 0.05) is 38.7 Å². The Morgan fingerprint density at radius 3 is 2.59 bits per heavy atom. The van der Waals surface area contributed by atoms with Crippen LogP contribution in [-0.4, -0.2) is 29.4 Å². The maximum absolute atomic E-state index is 13.2. The van der Waals surface area contributed by atoms with Crippen LogP contribution < -0.4 is 0 Å². The summed E-state index contributed by atoms with van der Waals surface area (Å²) >= 11 is 2.31. The lowest BCUT2D eigenvalue weighted by Gasteiger charge is -2.47. The van der Waals surface area contributed by atoms with Crippen molar-refractivity contribution in [2.24, 2.45) is 5.41 Å². The molecule has 1 fully saturated rings. The number of rotatable bonds is 5. The van der Waals surface area contributed by atoms with E-state index in [1.807, 2.05) is 6.92 Å². The molecule has 29 heavy (non-hydrogen) atoms. The minimum absolute atomic E-state index is 0.166. The van der Waals surface area contributed by atoms with Gasteiger partial charge in [-0.2, -0.15) is 0 Å². The topological polar surface area (TPSA) is 46.6 Å². The Balaban J connectivity index is 2.01. The third-order valence-electron chi connectivity index (χ3n) is 6.84. The van der Waals surface area contributed by atoms with E-state index in [4.69, 9.17) is 4.74 Å². The number of carbonyl (C=O) groups excluding carboxylic acids is 2. The van der Waals surface area contributed by atoms with Crippen molar-refractivity contribution >= 4 is 42.0 Å². The van der Waals surface area contributed by atoms with Crippen molar-refractivity contribution in [3.8, 4) is 0 Å². The molecule has 0 aromatic heterocycles. The first-order valence-electron chi connectivity index (χ1n) is 10.6. The van der Waals surface area contributed by atoms with Crippen molar-refractivity contribution < 1.29 is 14.3 Å². The number of esters is 1. The molecule has 0 N–H and O–H groups in total. The van der Waals surface area contributed by atoms with Crippen molar-refractivity contribution in [3.05, 3.63) is 27.8 Å². The summed E-state index contributed by atoms with van der Waals surface area (Å²) in [5.74, 6) is 0.0336. The highest BCUT2D eigenvalue weighted by Crippen LogP contribution is 2.44. The molecule has 1 heterocycles. The first-order chi connectivity index (χ1) is 13.7. The number of hydrogen-bond donors (Lipinski definition) is 0. The second-order valence-corrected chi connectivity index (χ2v) is 10.9. The molecule has 1 aliphatic heterocycles. The summed E-state index contributed by atoms with van der Waals surface area (Å²) in [7, 11) is 1.67. The van der Waals surface area contributed by atoms with E-state index in [1.54, 1.807) is 8.93 Å². The molecule has 3 rings (SSSR count). The summed E-state index contributed by atoms with van der Waals surface area (Å²) in [6, 6.07) is 0.312. The molecule has 0 radical (unpaired) electrons. The molecule has 2 aliphatic rings. The van der Waals surface area contributed by atoms with E-state index in [0.717, 1.165) is 28.0 Å². The van der Waals surface area contributed by atoms with E-state index in [-0.39, 0.29) is 23.7 Å². The molecule has 1 atom stereocenters. The van der Waals surface area contributed by atoms with Gasteiger partial charge in [-0.3, -0.25) is 9.59 Å². The van der Waals surface area contributed by atoms with E-state index in [1.165, 1.54) is 30.4 Å². The van der Waals surface area contributed by atoms with Gasteiger partial charge in [-0.05, 0) is 66.8 Å². The largest absolute Gasteiger partial charge is 0.466 e. The summed E-state index contributed by atoms with van der Waals surface area (Å²) in [5.41, 5.74) is 5.92. The van der Waals surface area contributed by atoms with E-state index < -0.39 is 0 Å². The molecule has 160 valence electrons. The highest BCUT2D eigenvalue weighted by molar-refractivity contribution is 14.2. The van der Waals surface area contributed by atoms with Gasteiger partial charge in [-0.25, -0.2) is 0 Å². The molecule has 6 heteroatoms. The minimum Gasteiger partial charge on any atom is -0.466 e. The summed E-state index contributed by atoms with van der Waals surface area (Å²) < 4.78 is 5.20. The van der Waals surface area contributed by atoms with Crippen molar-refractivity contribution in [2.45, 2.75) is 90.6 Å². The molecule has 0 bridgehead atoms. The molecule has 1 unspecified atom stereocenters. The Hall–Kier alpha value is -0.760. The predicted octanol–water partition coefficient (Wildman–Crippen LogP) is 5.70. The molecule has 0 saturated heterocycles. The quantitative estimate of drug-likeness (QED) is 0.363. The van der Waals surface area contributed by atoms with Crippen LogP contribution in [0.1, 0.15) is 74.3 Å². The Morgan fingerprint density at radius 2 is 1.97 bits per heavy atom. The zero-order chi connectivity index (χ0) is 21.3. The van der Waals surface area contributed by atoms with Crippen LogP contribution in [0.5, 0.6) is 0 Å². The monoisotopic (exact) mass is 529 g/mol. The molecular weight excluding hydrogens is 497 g/mol. The van der Waals surface area contributed by atoms with E-state index >= 15 is 0 Å². The van der Waals surface area contributed by atoms with Crippen molar-refractivity contribution in [3.63, 3.8) is 0 Å². The fourth-order valence-electron chi connectivity index (χ4n) is 5.14. The molecule has 0 spiro atoms. The first kappa shape index (κ1) is 22.9. The Labute approximate surface area is 191 Å². The van der Waals surface area contributed by atoms with Gasteiger partial charge < -0.3 is 9.64 Å². The lowest BCUT2D eigenvalue weighted by molar-refractivity contribution is -0.142. The van der Waals surface area contributed by atoms with Crippen LogP contribution in [0.2, 0.25) is 0 Å². The van der Waals surface area contributed by atoms with Gasteiger partial charge in [0.2, 0.25) is 5.91 Å². The third kappa shape index (κ3) is 4.48. The third-order valence-corrected chi connectivity index (χ3v) is 8.87. The van der Waals surface area contributed by atoms with E-state index in [0.29, 0.717) is 25.6 Å². The van der Waals surface area contributed by atoms with Crippen LogP contribution in [0.15, 0.2) is 4.90 Å². The highest BCUT2D eigenvalue weighted by Gasteiger charge is 2.41. The average molecular weight is 529 g/mol. The van der Waals surface area contributed by atoms with Gasteiger partial charge in [0.15, 0.2) is 0 Å². The van der Waals surface area contributed by atoms with Crippen molar-refractivity contribution in [1.29, 1.82) is 0 Å². The van der Waals surface area contributed by atoms with Crippen LogP contribution in [0.4, 0.5) is 0 Å². The van der Waals surface area contributed by atoms with Crippen molar-refractivity contribution in [1.82, 2.24) is 4.90 Å². The lowest BCUT2D eigenvalue weighted by Crippen LogP contribution is -2.51. The molecule has 1 amide bonds. The summed E-state index contributed by atoms with van der Waals surface area (Å²) in [6.07, 6.45) is 5.45.